The smallest absolute Gasteiger partial charge is 0.220 e. The number of carbonyl (C=O) groups excluding carboxylic acids is 1. The van der Waals surface area contributed by atoms with Crippen molar-refractivity contribution in [3.8, 4) is 0 Å². The van der Waals surface area contributed by atoms with Crippen LogP contribution in [0.15, 0.2) is 0 Å². The number of aromatic nitrogens is 3. The minimum atomic E-state index is 0.178. The van der Waals surface area contributed by atoms with E-state index in [4.69, 9.17) is 12.2 Å². The van der Waals surface area contributed by atoms with Crippen molar-refractivity contribution in [3.63, 3.8) is 0 Å². The molecule has 2 fully saturated rings. The minimum absolute atomic E-state index is 0.178. The molecule has 0 aromatic carbocycles. The van der Waals surface area contributed by atoms with Gasteiger partial charge in [-0.25, -0.2) is 0 Å². The summed E-state index contributed by atoms with van der Waals surface area (Å²) in [4.78, 5) is 12.3. The number of nitrogens with one attached hydrogen (secondary N) is 2. The van der Waals surface area contributed by atoms with Crippen molar-refractivity contribution in [2.45, 2.75) is 71.8 Å². The van der Waals surface area contributed by atoms with Crippen molar-refractivity contribution in [3.05, 3.63) is 10.6 Å². The van der Waals surface area contributed by atoms with Gasteiger partial charge < -0.3 is 9.88 Å². The van der Waals surface area contributed by atoms with E-state index in [1.807, 2.05) is 0 Å². The van der Waals surface area contributed by atoms with Crippen LogP contribution in [0.5, 0.6) is 0 Å². The minimum Gasteiger partial charge on any atom is -0.356 e. The molecule has 5 nitrogen and oxygen atoms in total. The van der Waals surface area contributed by atoms with Gasteiger partial charge in [-0.2, -0.15) is 5.10 Å². The Morgan fingerprint density at radius 1 is 1.42 bits per heavy atom. The molecular weight excluding hydrogens is 320 g/mol. The molecule has 1 aromatic rings. The average Bonchev–Trinajstić information content (AvgIpc) is 3.21. The second kappa shape index (κ2) is 6.98. The van der Waals surface area contributed by atoms with E-state index in [1.54, 1.807) is 0 Å². The van der Waals surface area contributed by atoms with Gasteiger partial charge >= 0.3 is 0 Å². The number of amides is 1. The normalized spacial score (nSPS) is 26.3. The van der Waals surface area contributed by atoms with Gasteiger partial charge in [-0.3, -0.25) is 9.89 Å². The molecule has 1 aromatic heterocycles. The predicted molar refractivity (Wildman–Crippen MR) is 97.3 cm³/mol. The first-order chi connectivity index (χ1) is 11.3. The molecule has 134 valence electrons. The van der Waals surface area contributed by atoms with Crippen molar-refractivity contribution in [1.82, 2.24) is 20.1 Å². The number of carbonyl (C=O) groups is 1. The van der Waals surface area contributed by atoms with Gasteiger partial charge in [0.15, 0.2) is 4.77 Å². The first-order valence-electron chi connectivity index (χ1n) is 9.26. The van der Waals surface area contributed by atoms with E-state index >= 15 is 0 Å². The molecule has 2 aliphatic carbocycles. The van der Waals surface area contributed by atoms with Gasteiger partial charge in [-0.1, -0.05) is 20.8 Å². The third kappa shape index (κ3) is 4.47. The van der Waals surface area contributed by atoms with Gasteiger partial charge in [-0.05, 0) is 61.6 Å². The highest BCUT2D eigenvalue weighted by Crippen LogP contribution is 2.42. The Bertz CT molecular complexity index is 644. The molecule has 1 amide bonds. The van der Waals surface area contributed by atoms with Gasteiger partial charge in [0.05, 0.1) is 0 Å². The summed E-state index contributed by atoms with van der Waals surface area (Å²) in [6, 6.07) is 0.521. The van der Waals surface area contributed by atoms with Crippen molar-refractivity contribution < 1.29 is 4.79 Å². The summed E-state index contributed by atoms with van der Waals surface area (Å²) in [6.45, 7) is 7.60. The van der Waals surface area contributed by atoms with Crippen LogP contribution in [-0.4, -0.2) is 27.2 Å². The Labute approximate surface area is 149 Å². The van der Waals surface area contributed by atoms with Crippen LogP contribution in [0, 0.1) is 22.0 Å². The van der Waals surface area contributed by atoms with Gasteiger partial charge in [0.2, 0.25) is 5.91 Å². The number of nitrogens with zero attached hydrogens (tertiary/aromatic N) is 2. The standard InChI is InChI=1S/C18H30N4OS/c1-12-8-13(11-18(2,3)10-12)9-16(23)19-7-6-15-20-21-17(24)22(15)14-4-5-14/h12-14H,4-11H2,1-3H3,(H,19,23)(H,21,24)/t12-,13+/m0/s1. The Hall–Kier alpha value is -1.17. The van der Waals surface area contributed by atoms with Gasteiger partial charge in [0, 0.05) is 25.4 Å². The maximum Gasteiger partial charge on any atom is 0.220 e. The lowest BCUT2D eigenvalue weighted by Gasteiger charge is -2.38. The molecule has 6 heteroatoms. The highest BCUT2D eigenvalue weighted by molar-refractivity contribution is 7.71. The second-order valence-corrected chi connectivity index (χ2v) is 9.02. The third-order valence-corrected chi connectivity index (χ3v) is 5.60. The quantitative estimate of drug-likeness (QED) is 0.767. The van der Waals surface area contributed by atoms with Crippen LogP contribution in [0.1, 0.15) is 71.2 Å². The Morgan fingerprint density at radius 3 is 2.83 bits per heavy atom. The summed E-state index contributed by atoms with van der Waals surface area (Å²) in [5, 5.41) is 10.3. The number of hydrogen-bond acceptors (Lipinski definition) is 3. The topological polar surface area (TPSA) is 62.7 Å². The van der Waals surface area contributed by atoms with Gasteiger partial charge in [0.1, 0.15) is 5.82 Å². The van der Waals surface area contributed by atoms with Gasteiger partial charge in [0.25, 0.3) is 0 Å². The van der Waals surface area contributed by atoms with E-state index in [2.05, 4.69) is 40.9 Å². The Kier molecular flexibility index (Phi) is 5.13. The van der Waals surface area contributed by atoms with Crippen molar-refractivity contribution in [2.75, 3.05) is 6.54 Å². The fourth-order valence-corrected chi connectivity index (χ4v) is 4.87. The van der Waals surface area contributed by atoms with Crippen LogP contribution in [0.4, 0.5) is 0 Å². The number of hydrogen-bond donors (Lipinski definition) is 2. The predicted octanol–water partition coefficient (Wildman–Crippen LogP) is 3.79. The van der Waals surface area contributed by atoms with E-state index in [0.29, 0.717) is 35.1 Å². The number of rotatable bonds is 6. The fourth-order valence-electron chi connectivity index (χ4n) is 4.57. The number of H-pyrrole nitrogens is 1. The molecule has 2 saturated carbocycles. The zero-order chi connectivity index (χ0) is 17.3. The largest absolute Gasteiger partial charge is 0.356 e. The second-order valence-electron chi connectivity index (χ2n) is 8.63. The van der Waals surface area contributed by atoms with Crippen LogP contribution in [-0.2, 0) is 11.2 Å². The maximum atomic E-state index is 12.3. The van der Waals surface area contributed by atoms with E-state index in [1.165, 1.54) is 25.7 Å². The Balaban J connectivity index is 1.45. The molecule has 0 saturated heterocycles. The molecule has 2 aliphatic rings. The van der Waals surface area contributed by atoms with Crippen molar-refractivity contribution in [2.24, 2.45) is 17.3 Å². The molecule has 0 radical (unpaired) electrons. The average molecular weight is 351 g/mol. The molecule has 0 bridgehead atoms. The zero-order valence-corrected chi connectivity index (χ0v) is 15.9. The summed E-state index contributed by atoms with van der Waals surface area (Å²) >= 11 is 5.29. The maximum absolute atomic E-state index is 12.3. The highest BCUT2D eigenvalue weighted by atomic mass is 32.1. The Morgan fingerprint density at radius 2 is 2.17 bits per heavy atom. The fraction of sp³-hybridized carbons (Fsp3) is 0.833. The summed E-state index contributed by atoms with van der Waals surface area (Å²) in [7, 11) is 0. The first kappa shape index (κ1) is 17.6. The molecule has 0 spiro atoms. The molecule has 3 rings (SSSR count). The zero-order valence-electron chi connectivity index (χ0n) is 15.1. The van der Waals surface area contributed by atoms with Crippen LogP contribution in [0.25, 0.3) is 0 Å². The lowest BCUT2D eigenvalue weighted by Crippen LogP contribution is -2.33. The van der Waals surface area contributed by atoms with Crippen molar-refractivity contribution >= 4 is 18.1 Å². The monoisotopic (exact) mass is 350 g/mol. The first-order valence-corrected chi connectivity index (χ1v) is 9.67. The van der Waals surface area contributed by atoms with E-state index < -0.39 is 0 Å². The summed E-state index contributed by atoms with van der Waals surface area (Å²) in [6.07, 6.45) is 7.37. The number of aromatic amines is 1. The van der Waals surface area contributed by atoms with E-state index in [0.717, 1.165) is 24.6 Å². The van der Waals surface area contributed by atoms with Crippen LogP contribution in [0.3, 0.4) is 0 Å². The lowest BCUT2D eigenvalue weighted by molar-refractivity contribution is -0.122. The van der Waals surface area contributed by atoms with Crippen LogP contribution in [0.2, 0.25) is 0 Å². The molecule has 1 heterocycles. The van der Waals surface area contributed by atoms with Crippen LogP contribution < -0.4 is 5.32 Å². The highest BCUT2D eigenvalue weighted by Gasteiger charge is 2.33. The SMILES string of the molecule is C[C@H]1C[C@H](CC(=O)NCCc2n[nH]c(=S)n2C2CC2)CC(C)(C)C1. The van der Waals surface area contributed by atoms with E-state index in [9.17, 15) is 4.79 Å². The third-order valence-electron chi connectivity index (χ3n) is 5.31. The summed E-state index contributed by atoms with van der Waals surface area (Å²) in [5.74, 6) is 2.38. The molecular formula is C18H30N4OS. The molecule has 0 aliphatic heterocycles. The lowest BCUT2D eigenvalue weighted by atomic mass is 9.67. The summed E-state index contributed by atoms with van der Waals surface area (Å²) in [5.41, 5.74) is 0.368. The van der Waals surface area contributed by atoms with E-state index in [-0.39, 0.29) is 5.91 Å². The molecule has 24 heavy (non-hydrogen) atoms. The molecule has 0 unspecified atom stereocenters. The van der Waals surface area contributed by atoms with Gasteiger partial charge in [-0.15, -0.1) is 0 Å². The molecule has 2 N–H and O–H groups in total. The molecule has 2 atom stereocenters. The van der Waals surface area contributed by atoms with Crippen LogP contribution >= 0.6 is 12.2 Å². The summed E-state index contributed by atoms with van der Waals surface area (Å²) < 4.78 is 2.82. The van der Waals surface area contributed by atoms with Crippen molar-refractivity contribution in [1.29, 1.82) is 0 Å².